The molecule has 9 heteroatoms. The van der Waals surface area contributed by atoms with E-state index in [-0.39, 0.29) is 5.78 Å². The van der Waals surface area contributed by atoms with E-state index in [0.717, 1.165) is 25.3 Å². The number of nitrogens with one attached hydrogen (secondary N) is 1. The second-order valence-corrected chi connectivity index (χ2v) is 10.2. The zero-order valence-electron chi connectivity index (χ0n) is 19.9. The Morgan fingerprint density at radius 2 is 1.91 bits per heavy atom. The van der Waals surface area contributed by atoms with Gasteiger partial charge in [0.1, 0.15) is 11.1 Å². The number of rotatable bonds is 9. The van der Waals surface area contributed by atoms with Gasteiger partial charge in [0, 0.05) is 44.1 Å². The predicted octanol–water partition coefficient (Wildman–Crippen LogP) is 3.63. The maximum atomic E-state index is 12.9. The van der Waals surface area contributed by atoms with Crippen molar-refractivity contribution in [2.24, 2.45) is 5.92 Å². The molecule has 33 heavy (non-hydrogen) atoms. The molecule has 2 aliphatic heterocycles. The van der Waals surface area contributed by atoms with E-state index in [1.54, 1.807) is 6.07 Å². The second-order valence-electron chi connectivity index (χ2n) is 10.2. The number of nitrogens with zero attached hydrogens (tertiary/aromatic N) is 4. The molecular weight excluding hydrogens is 422 g/mol. The lowest BCUT2D eigenvalue weighted by atomic mass is 9.96. The van der Waals surface area contributed by atoms with Crippen LogP contribution < -0.4 is 10.2 Å². The molecule has 0 bridgehead atoms. The van der Waals surface area contributed by atoms with Crippen LogP contribution in [-0.4, -0.2) is 72.0 Å². The maximum absolute atomic E-state index is 12.9. The number of hydrogen-bond acceptors (Lipinski definition) is 8. The summed E-state index contributed by atoms with van der Waals surface area (Å²) >= 11 is 0. The van der Waals surface area contributed by atoms with Crippen LogP contribution >= 0.6 is 0 Å². The highest BCUT2D eigenvalue weighted by molar-refractivity contribution is 6.02. The van der Waals surface area contributed by atoms with Crippen molar-refractivity contribution in [3.05, 3.63) is 17.7 Å². The van der Waals surface area contributed by atoms with Gasteiger partial charge in [-0.3, -0.25) is 4.79 Å². The smallest absolute Gasteiger partial charge is 0.407 e. The molecule has 1 aromatic carbocycles. The number of likely N-dealkylation sites (tertiary alicyclic amines) is 1. The number of alkyl carbamates (subject to hydrolysis) is 1. The Balaban J connectivity index is 1.28. The van der Waals surface area contributed by atoms with Gasteiger partial charge < -0.3 is 19.9 Å². The molecule has 1 N–H and O–H groups in total. The lowest BCUT2D eigenvalue weighted by molar-refractivity contribution is 0.0527. The van der Waals surface area contributed by atoms with Crippen molar-refractivity contribution < 1.29 is 19.0 Å². The summed E-state index contributed by atoms with van der Waals surface area (Å²) in [6, 6.07) is 3.69. The quantitative estimate of drug-likeness (QED) is 0.450. The summed E-state index contributed by atoms with van der Waals surface area (Å²) < 4.78 is 10.2. The van der Waals surface area contributed by atoms with Gasteiger partial charge in [-0.2, -0.15) is 0 Å². The summed E-state index contributed by atoms with van der Waals surface area (Å²) in [7, 11) is 0. The van der Waals surface area contributed by atoms with E-state index in [1.807, 2.05) is 26.8 Å². The number of amides is 1. The number of ketones is 1. The number of Topliss-reactive ketones (excluding diaryl/α,β-unsaturated/α-hetero) is 1. The molecule has 1 aromatic heterocycles. The lowest BCUT2D eigenvalue weighted by Crippen LogP contribution is -2.51. The molecule has 0 atom stereocenters. The molecule has 2 fully saturated rings. The summed E-state index contributed by atoms with van der Waals surface area (Å²) in [5, 5.41) is 10.8. The minimum Gasteiger partial charge on any atom is -0.444 e. The third kappa shape index (κ3) is 6.22. The van der Waals surface area contributed by atoms with Crippen LogP contribution in [0.5, 0.6) is 0 Å². The number of carbonyl (C=O) groups excluding carboxylic acids is 2. The number of fused-ring (bicyclic) bond motifs is 1. The van der Waals surface area contributed by atoms with Crippen LogP contribution in [0.4, 0.5) is 10.5 Å². The minimum atomic E-state index is -0.517. The van der Waals surface area contributed by atoms with Crippen molar-refractivity contribution in [2.45, 2.75) is 58.5 Å². The average Bonchev–Trinajstić information content (AvgIpc) is 3.39. The van der Waals surface area contributed by atoms with E-state index < -0.39 is 11.7 Å². The number of carbonyl (C=O) groups is 2. The molecular formula is C24H35N5O4. The zero-order valence-corrected chi connectivity index (χ0v) is 19.9. The Kier molecular flexibility index (Phi) is 7.17. The van der Waals surface area contributed by atoms with E-state index in [1.165, 1.54) is 25.9 Å². The van der Waals surface area contributed by atoms with Crippen molar-refractivity contribution >= 4 is 28.6 Å². The van der Waals surface area contributed by atoms with Gasteiger partial charge >= 0.3 is 6.09 Å². The molecule has 0 unspecified atom stereocenters. The molecule has 2 aromatic rings. The highest BCUT2D eigenvalue weighted by Gasteiger charge is 2.31. The Hall–Kier alpha value is -2.68. The van der Waals surface area contributed by atoms with Crippen molar-refractivity contribution in [3.8, 4) is 0 Å². The first-order valence-electron chi connectivity index (χ1n) is 12.0. The first kappa shape index (κ1) is 23.5. The van der Waals surface area contributed by atoms with Crippen molar-refractivity contribution in [3.63, 3.8) is 0 Å². The Morgan fingerprint density at radius 1 is 1.15 bits per heavy atom. The number of aromatic nitrogens is 2. The van der Waals surface area contributed by atoms with E-state index in [4.69, 9.17) is 9.37 Å². The van der Waals surface area contributed by atoms with Crippen LogP contribution in [0, 0.1) is 5.92 Å². The van der Waals surface area contributed by atoms with Gasteiger partial charge in [0.25, 0.3) is 0 Å². The average molecular weight is 458 g/mol. The third-order valence-electron chi connectivity index (χ3n) is 6.17. The number of hydrogen-bond donors (Lipinski definition) is 1. The maximum Gasteiger partial charge on any atom is 0.407 e. The van der Waals surface area contributed by atoms with E-state index in [0.29, 0.717) is 48.3 Å². The minimum absolute atomic E-state index is 0.0626. The summed E-state index contributed by atoms with van der Waals surface area (Å²) in [6.45, 7) is 11.5. The van der Waals surface area contributed by atoms with Crippen molar-refractivity contribution in [1.82, 2.24) is 20.5 Å². The standard InChI is InChI=1S/C24H35N5O4/c1-24(2,3)32-23(31)25-9-5-4-8-21(30)18-12-19-22(27-33-26-19)20(13-18)29-15-17(16-29)14-28-10-6-7-11-28/h12-13,17H,4-11,14-16H2,1-3H3,(H,25,31). The van der Waals surface area contributed by atoms with Crippen LogP contribution in [-0.2, 0) is 4.74 Å². The summed E-state index contributed by atoms with van der Waals surface area (Å²) in [4.78, 5) is 29.4. The van der Waals surface area contributed by atoms with Gasteiger partial charge in [-0.25, -0.2) is 9.42 Å². The summed E-state index contributed by atoms with van der Waals surface area (Å²) in [5.41, 5.74) is 2.38. The Morgan fingerprint density at radius 3 is 2.64 bits per heavy atom. The van der Waals surface area contributed by atoms with Crippen LogP contribution in [0.15, 0.2) is 16.8 Å². The van der Waals surface area contributed by atoms with Gasteiger partial charge in [-0.15, -0.1) is 0 Å². The van der Waals surface area contributed by atoms with Gasteiger partial charge in [0.15, 0.2) is 11.3 Å². The molecule has 0 saturated carbocycles. The number of ether oxygens (including phenoxy) is 1. The largest absolute Gasteiger partial charge is 0.444 e. The molecule has 9 nitrogen and oxygen atoms in total. The number of anilines is 1. The Bertz CT molecular complexity index is 971. The molecule has 0 spiro atoms. The summed E-state index contributed by atoms with van der Waals surface area (Å²) in [5.74, 6) is 0.711. The summed E-state index contributed by atoms with van der Waals surface area (Å²) in [6.07, 6.45) is 3.98. The first-order chi connectivity index (χ1) is 15.8. The normalized spacial score (nSPS) is 17.4. The molecule has 1 amide bonds. The van der Waals surface area contributed by atoms with E-state index in [9.17, 15) is 9.59 Å². The first-order valence-corrected chi connectivity index (χ1v) is 12.0. The van der Waals surface area contributed by atoms with Gasteiger partial charge in [-0.1, -0.05) is 0 Å². The fraction of sp³-hybridized carbons (Fsp3) is 0.667. The molecule has 0 aliphatic carbocycles. The molecule has 180 valence electrons. The molecule has 2 saturated heterocycles. The molecule has 3 heterocycles. The van der Waals surface area contributed by atoms with Crippen LogP contribution in [0.3, 0.4) is 0 Å². The van der Waals surface area contributed by atoms with Crippen molar-refractivity contribution in [1.29, 1.82) is 0 Å². The molecule has 4 rings (SSSR count). The van der Waals surface area contributed by atoms with Gasteiger partial charge in [0.2, 0.25) is 0 Å². The third-order valence-corrected chi connectivity index (χ3v) is 6.17. The lowest BCUT2D eigenvalue weighted by Gasteiger charge is -2.42. The van der Waals surface area contributed by atoms with Crippen LogP contribution in [0.2, 0.25) is 0 Å². The van der Waals surface area contributed by atoms with Gasteiger partial charge in [-0.05, 0) is 82.0 Å². The van der Waals surface area contributed by atoms with Crippen LogP contribution in [0.1, 0.15) is 63.2 Å². The van der Waals surface area contributed by atoms with E-state index >= 15 is 0 Å². The van der Waals surface area contributed by atoms with E-state index in [2.05, 4.69) is 25.4 Å². The number of benzene rings is 1. The fourth-order valence-electron chi connectivity index (χ4n) is 4.55. The monoisotopic (exact) mass is 457 g/mol. The van der Waals surface area contributed by atoms with Crippen LogP contribution in [0.25, 0.3) is 11.0 Å². The van der Waals surface area contributed by atoms with Crippen molar-refractivity contribution in [2.75, 3.05) is 44.2 Å². The topological polar surface area (TPSA) is 101 Å². The number of unbranched alkanes of at least 4 members (excludes halogenated alkanes) is 1. The predicted molar refractivity (Wildman–Crippen MR) is 126 cm³/mol. The highest BCUT2D eigenvalue weighted by Crippen LogP contribution is 2.32. The molecule has 0 radical (unpaired) electrons. The fourth-order valence-corrected chi connectivity index (χ4v) is 4.55. The zero-order chi connectivity index (χ0) is 23.4. The highest BCUT2D eigenvalue weighted by atomic mass is 16.6. The van der Waals surface area contributed by atoms with Gasteiger partial charge in [0.05, 0.1) is 5.69 Å². The Labute approximate surface area is 194 Å². The second kappa shape index (κ2) is 10.1. The molecule has 2 aliphatic rings. The SMILES string of the molecule is CC(C)(C)OC(=O)NCCCCC(=O)c1cc(N2CC(CN3CCCC3)C2)c2nonc2c1.